The second-order valence-corrected chi connectivity index (χ2v) is 23.4. The molecule has 4 aliphatic rings. The average Bonchev–Trinajstić information content (AvgIpc) is 3.65. The zero-order valence-corrected chi connectivity index (χ0v) is 40.2. The van der Waals surface area contributed by atoms with Gasteiger partial charge in [-0.05, 0) is 115 Å². The molecule has 66 heavy (non-hydrogen) atoms. The Morgan fingerprint density at radius 1 is 0.924 bits per heavy atom. The van der Waals surface area contributed by atoms with Gasteiger partial charge in [0.25, 0.3) is 25.8 Å². The predicted octanol–water partition coefficient (Wildman–Crippen LogP) is 8.76. The third-order valence-electron chi connectivity index (χ3n) is 13.0. The minimum atomic E-state index is -6.06. The van der Waals surface area contributed by atoms with E-state index in [2.05, 4.69) is 46.0 Å². The lowest BCUT2D eigenvalue weighted by atomic mass is 9.72. The van der Waals surface area contributed by atoms with Crippen LogP contribution < -0.4 is 14.9 Å². The van der Waals surface area contributed by atoms with Gasteiger partial charge >= 0.3 is 5.51 Å². The lowest BCUT2D eigenvalue weighted by Gasteiger charge is -2.41. The summed E-state index contributed by atoms with van der Waals surface area (Å²) in [6.45, 7) is 10.9. The number of carbonyl (C=O) groups excluding carboxylic acids is 1. The first-order valence-electron chi connectivity index (χ1n) is 22.2. The van der Waals surface area contributed by atoms with Crippen molar-refractivity contribution in [3.05, 3.63) is 118 Å². The van der Waals surface area contributed by atoms with Crippen LogP contribution in [0.2, 0.25) is 5.02 Å². The molecule has 3 aliphatic heterocycles. The van der Waals surface area contributed by atoms with Crippen molar-refractivity contribution in [3.8, 4) is 0 Å². The number of rotatable bonds is 15. The largest absolute Gasteiger partial charge is 0.501 e. The first kappa shape index (κ1) is 48.4. The van der Waals surface area contributed by atoms with Crippen molar-refractivity contribution < 1.29 is 39.5 Å². The Balaban J connectivity index is 0.972. The number of amides is 1. The molecule has 0 bridgehead atoms. The van der Waals surface area contributed by atoms with Crippen LogP contribution in [0.15, 0.2) is 111 Å². The topological polar surface area (TPSA) is 128 Å². The summed E-state index contributed by atoms with van der Waals surface area (Å²) in [5.41, 5.74) is -0.00617. The molecule has 2 fully saturated rings. The van der Waals surface area contributed by atoms with Crippen molar-refractivity contribution in [2.45, 2.75) is 78.2 Å². The van der Waals surface area contributed by atoms with E-state index in [9.17, 15) is 34.8 Å². The fourth-order valence-electron chi connectivity index (χ4n) is 9.48. The van der Waals surface area contributed by atoms with Crippen LogP contribution in [-0.4, -0.2) is 115 Å². The molecule has 2 atom stereocenters. The van der Waals surface area contributed by atoms with Gasteiger partial charge in [0.1, 0.15) is 4.90 Å². The van der Waals surface area contributed by atoms with E-state index in [-0.39, 0.29) is 17.0 Å². The number of nitrogens with one attached hydrogen (secondary N) is 2. The molecule has 0 aromatic heterocycles. The number of piperazine rings is 1. The number of thioether (sulfide) groups is 1. The Bertz CT molecular complexity index is 2660. The molecule has 4 aromatic carbocycles. The fourth-order valence-corrected chi connectivity index (χ4v) is 12.6. The van der Waals surface area contributed by atoms with Gasteiger partial charge in [0.05, 0.1) is 23.8 Å². The van der Waals surface area contributed by atoms with Crippen LogP contribution in [0.3, 0.4) is 0 Å². The van der Waals surface area contributed by atoms with Crippen LogP contribution in [-0.2, 0) is 31.0 Å². The van der Waals surface area contributed by atoms with Gasteiger partial charge in [-0.2, -0.15) is 13.2 Å². The Kier molecular flexibility index (Phi) is 14.5. The number of nitrogens with zero attached hydrogens (tertiary/aromatic N) is 3. The van der Waals surface area contributed by atoms with Gasteiger partial charge in [0, 0.05) is 84.8 Å². The first-order chi connectivity index (χ1) is 31.3. The van der Waals surface area contributed by atoms with Crippen molar-refractivity contribution in [1.29, 1.82) is 0 Å². The number of morpholine rings is 1. The van der Waals surface area contributed by atoms with Gasteiger partial charge in [-0.3, -0.25) is 14.6 Å². The van der Waals surface area contributed by atoms with Crippen LogP contribution in [0, 0.1) is 5.41 Å². The SMILES string of the molecule is CC1(C)CCC(c2ccc(Cl)cc2)=C(CN2CCN3c4ccc(C(=O)NS(=O)(=O)c5ccc(N[C@H](CCN6CCOCC6)CSc6ccccc6)c(S(=O)(=O)C(F)(F)F)c5)cc4C[C@@H]3C2)C1. The highest BCUT2D eigenvalue weighted by Gasteiger charge is 2.48. The maximum absolute atomic E-state index is 14.3. The minimum absolute atomic E-state index is 0.0525. The van der Waals surface area contributed by atoms with E-state index in [1.165, 1.54) is 34.5 Å². The molecule has 1 amide bonds. The van der Waals surface area contributed by atoms with E-state index < -0.39 is 52.8 Å². The van der Waals surface area contributed by atoms with E-state index >= 15 is 0 Å². The molecule has 3 heterocycles. The third kappa shape index (κ3) is 11.3. The number of allylic oxidation sites excluding steroid dienone is 1. The zero-order chi connectivity index (χ0) is 46.9. The van der Waals surface area contributed by atoms with Gasteiger partial charge in [0.15, 0.2) is 0 Å². The summed E-state index contributed by atoms with van der Waals surface area (Å²) >= 11 is 7.67. The molecule has 2 saturated heterocycles. The van der Waals surface area contributed by atoms with Gasteiger partial charge in [-0.15, -0.1) is 11.8 Å². The number of fused-ring (bicyclic) bond motifs is 3. The molecule has 354 valence electrons. The molecule has 0 saturated carbocycles. The van der Waals surface area contributed by atoms with Gasteiger partial charge in [-0.25, -0.2) is 21.6 Å². The van der Waals surface area contributed by atoms with Crippen molar-refractivity contribution in [3.63, 3.8) is 0 Å². The quantitative estimate of drug-likeness (QED) is 0.111. The molecule has 18 heteroatoms. The van der Waals surface area contributed by atoms with Gasteiger partial charge in [0.2, 0.25) is 0 Å². The summed E-state index contributed by atoms with van der Waals surface area (Å²) in [7, 11) is -10.9. The Hall–Kier alpha value is -4.10. The van der Waals surface area contributed by atoms with Crippen LogP contribution in [0.25, 0.3) is 5.57 Å². The molecular weight excluding hydrogens is 931 g/mol. The standard InChI is InChI=1S/C48H55ClF3N5O6S3/c1-47(2)18-16-42(33-8-11-37(49)12-9-33)36(29-47)30-56-20-21-57-39(31-56)27-35-26-34(10-15-44(35)57)46(58)54-66(61,62)41-13-14-43(45(28-41)65(59,60)48(50,51)52)53-38(17-19-55-22-24-63-25-23-55)32-64-40-6-4-3-5-7-40/h3-15,26,28,38-39,53H,16-25,27,29-32H2,1-2H3,(H,54,58)/t38-,39-/m1/s1. The zero-order valence-electron chi connectivity index (χ0n) is 36.9. The maximum atomic E-state index is 14.3. The van der Waals surface area contributed by atoms with Crippen molar-refractivity contribution in [2.75, 3.05) is 75.0 Å². The number of anilines is 2. The molecule has 8 rings (SSSR count). The lowest BCUT2D eigenvalue weighted by molar-refractivity contribution is -0.0435. The second kappa shape index (κ2) is 19.9. The summed E-state index contributed by atoms with van der Waals surface area (Å²) in [6, 6.07) is 24.6. The van der Waals surface area contributed by atoms with Crippen LogP contribution in [0.5, 0.6) is 0 Å². The van der Waals surface area contributed by atoms with Crippen LogP contribution in [0.1, 0.15) is 61.0 Å². The van der Waals surface area contributed by atoms with Crippen molar-refractivity contribution >= 4 is 66.1 Å². The smallest absolute Gasteiger partial charge is 0.380 e. The van der Waals surface area contributed by atoms with E-state index in [4.69, 9.17) is 16.3 Å². The summed E-state index contributed by atoms with van der Waals surface area (Å²) < 4.78 is 104. The molecule has 4 aromatic rings. The fraction of sp³-hybridized carbons (Fsp3) is 0.438. The number of alkyl halides is 3. The maximum Gasteiger partial charge on any atom is 0.501 e. The molecule has 11 nitrogen and oxygen atoms in total. The third-order valence-corrected chi connectivity index (χ3v) is 17.3. The Morgan fingerprint density at radius 3 is 2.39 bits per heavy atom. The summed E-state index contributed by atoms with van der Waals surface area (Å²) in [5, 5.41) is 3.72. The van der Waals surface area contributed by atoms with Crippen LogP contribution >= 0.6 is 23.4 Å². The number of carbonyl (C=O) groups is 1. The highest BCUT2D eigenvalue weighted by atomic mass is 35.5. The molecule has 0 radical (unpaired) electrons. The average molecular weight is 987 g/mol. The summed E-state index contributed by atoms with van der Waals surface area (Å²) in [4.78, 5) is 19.5. The van der Waals surface area contributed by atoms with E-state index in [0.29, 0.717) is 62.5 Å². The van der Waals surface area contributed by atoms with E-state index in [0.717, 1.165) is 73.7 Å². The number of hydrogen-bond donors (Lipinski definition) is 2. The Labute approximate surface area is 395 Å². The number of halogens is 4. The predicted molar refractivity (Wildman–Crippen MR) is 255 cm³/mol. The van der Waals surface area contributed by atoms with E-state index in [1.807, 2.05) is 47.2 Å². The number of ether oxygens (including phenoxy) is 1. The number of sulfonamides is 1. The summed E-state index contributed by atoms with van der Waals surface area (Å²) in [5.74, 6) is -0.620. The molecule has 1 aliphatic carbocycles. The molecule has 2 N–H and O–H groups in total. The summed E-state index contributed by atoms with van der Waals surface area (Å²) in [6.07, 6.45) is 4.19. The van der Waals surface area contributed by atoms with Crippen molar-refractivity contribution in [2.24, 2.45) is 5.41 Å². The molecular formula is C48H55ClF3N5O6S3. The normalized spacial score (nSPS) is 19.8. The van der Waals surface area contributed by atoms with Gasteiger partial charge < -0.3 is 15.0 Å². The minimum Gasteiger partial charge on any atom is -0.380 e. The molecule has 0 spiro atoms. The monoisotopic (exact) mass is 985 g/mol. The number of hydrogen-bond acceptors (Lipinski definition) is 11. The second-order valence-electron chi connectivity index (χ2n) is 18.3. The van der Waals surface area contributed by atoms with E-state index in [1.54, 1.807) is 12.1 Å². The van der Waals surface area contributed by atoms with Crippen molar-refractivity contribution in [1.82, 2.24) is 14.5 Å². The highest BCUT2D eigenvalue weighted by molar-refractivity contribution is 7.99. The van der Waals surface area contributed by atoms with Gasteiger partial charge in [-0.1, -0.05) is 61.4 Å². The number of benzene rings is 4. The lowest BCUT2D eigenvalue weighted by Crippen LogP contribution is -2.52. The highest BCUT2D eigenvalue weighted by Crippen LogP contribution is 2.44. The van der Waals surface area contributed by atoms with Crippen LogP contribution in [0.4, 0.5) is 24.5 Å². The molecule has 0 unspecified atom stereocenters. The Morgan fingerprint density at radius 2 is 1.67 bits per heavy atom. The first-order valence-corrected chi connectivity index (χ1v) is 26.5. The number of sulfone groups is 1.